The summed E-state index contributed by atoms with van der Waals surface area (Å²) in [5, 5.41) is 5.22. The Kier molecular flexibility index (Phi) is 4.17. The quantitative estimate of drug-likeness (QED) is 0.831. The summed E-state index contributed by atoms with van der Waals surface area (Å²) in [4.78, 5) is 6.37. The first kappa shape index (κ1) is 16.6. The van der Waals surface area contributed by atoms with Crippen molar-refractivity contribution in [2.24, 2.45) is 11.8 Å². The number of hydrogen-bond acceptors (Lipinski definition) is 4. The van der Waals surface area contributed by atoms with Crippen molar-refractivity contribution in [1.82, 2.24) is 10.6 Å². The number of nitrogens with zero attached hydrogens (tertiary/aromatic N) is 2. The predicted molar refractivity (Wildman–Crippen MR) is 103 cm³/mol. The lowest BCUT2D eigenvalue weighted by atomic mass is 9.65. The van der Waals surface area contributed by atoms with Crippen LogP contribution in [0.2, 0.25) is 5.02 Å². The molecule has 0 aromatic heterocycles. The number of rotatable bonds is 3. The molecular weight excluding hydrogens is 346 g/mol. The number of benzene rings is 2. The molecule has 2 bridgehead atoms. The van der Waals surface area contributed by atoms with Crippen LogP contribution in [0.1, 0.15) is 37.7 Å². The van der Waals surface area contributed by atoms with E-state index in [1.807, 2.05) is 24.3 Å². The van der Waals surface area contributed by atoms with Crippen LogP contribution >= 0.6 is 11.6 Å². The minimum absolute atomic E-state index is 0.253. The van der Waals surface area contributed by atoms with E-state index in [1.165, 1.54) is 31.2 Å². The fourth-order valence-corrected chi connectivity index (χ4v) is 5.09. The Morgan fingerprint density at radius 1 is 1.00 bits per heavy atom. The van der Waals surface area contributed by atoms with E-state index in [4.69, 9.17) is 16.4 Å². The van der Waals surface area contributed by atoms with Crippen LogP contribution in [0.4, 0.5) is 5.69 Å². The molecule has 1 unspecified atom stereocenters. The minimum Gasteiger partial charge on any atom is -0.256 e. The molecule has 1 spiro atoms. The van der Waals surface area contributed by atoms with Gasteiger partial charge in [0.15, 0.2) is 5.72 Å². The van der Waals surface area contributed by atoms with Gasteiger partial charge in [-0.3, -0.25) is 4.84 Å². The van der Waals surface area contributed by atoms with Gasteiger partial charge in [-0.05, 0) is 67.9 Å². The summed E-state index contributed by atoms with van der Waals surface area (Å²) in [5.74, 6) is 1.34. The van der Waals surface area contributed by atoms with Gasteiger partial charge in [0.05, 0.1) is 5.69 Å². The lowest BCUT2D eigenvalue weighted by Gasteiger charge is -2.51. The maximum absolute atomic E-state index is 6.37. The van der Waals surface area contributed by atoms with Gasteiger partial charge in [0.1, 0.15) is 0 Å². The Labute approximate surface area is 159 Å². The van der Waals surface area contributed by atoms with Crippen molar-refractivity contribution in [3.8, 4) is 0 Å². The lowest BCUT2D eigenvalue weighted by molar-refractivity contribution is -0.201. The van der Waals surface area contributed by atoms with E-state index in [0.717, 1.165) is 29.6 Å². The average Bonchev–Trinajstić information content (AvgIpc) is 3.02. The fraction of sp³-hybridized carbons (Fsp3) is 0.429. The highest BCUT2D eigenvalue weighted by Crippen LogP contribution is 2.53. The Morgan fingerprint density at radius 3 is 2.38 bits per heavy atom. The molecule has 3 saturated carbocycles. The molecule has 6 rings (SSSR count). The van der Waals surface area contributed by atoms with Gasteiger partial charge in [-0.25, -0.2) is 5.12 Å². The monoisotopic (exact) mass is 369 g/mol. The molecule has 1 saturated heterocycles. The highest BCUT2D eigenvalue weighted by Gasteiger charge is 2.57. The van der Waals surface area contributed by atoms with Crippen molar-refractivity contribution in [3.63, 3.8) is 0 Å². The maximum atomic E-state index is 6.37. The second kappa shape index (κ2) is 6.54. The Hall–Kier alpha value is -1.59. The highest BCUT2D eigenvalue weighted by molar-refractivity contribution is 6.30. The van der Waals surface area contributed by atoms with Crippen LogP contribution in [-0.2, 0) is 11.4 Å². The largest absolute Gasteiger partial charge is 0.256 e. The van der Waals surface area contributed by atoms with Crippen LogP contribution in [0.15, 0.2) is 54.6 Å². The molecule has 1 atom stereocenters. The number of fused-ring (bicyclic) bond motifs is 2. The molecular formula is C21H24ClN3O. The third-order valence-corrected chi connectivity index (χ3v) is 6.55. The number of hydrazine groups is 2. The summed E-state index contributed by atoms with van der Waals surface area (Å²) >= 11 is 6.09. The average molecular weight is 370 g/mol. The molecule has 1 heterocycles. The van der Waals surface area contributed by atoms with Crippen LogP contribution in [0.3, 0.4) is 0 Å². The van der Waals surface area contributed by atoms with Gasteiger partial charge in [-0.15, -0.1) is 0 Å². The van der Waals surface area contributed by atoms with E-state index in [1.54, 1.807) is 0 Å². The standard InChI is InChI=1S/C21H24ClN3O/c22-19-10-12-20(13-11-19)25-23-26-21(14-16-6-8-18(21)9-7-16)24(25)15-17-4-2-1-3-5-17/h1-5,10-13,16,18,23H,6-9,14-15H2. The summed E-state index contributed by atoms with van der Waals surface area (Å²) in [6, 6.07) is 18.6. The minimum atomic E-state index is -0.253. The van der Waals surface area contributed by atoms with Gasteiger partial charge < -0.3 is 0 Å². The number of nitrogens with one attached hydrogen (secondary N) is 1. The van der Waals surface area contributed by atoms with Crippen molar-refractivity contribution in [3.05, 3.63) is 65.2 Å². The molecule has 26 heavy (non-hydrogen) atoms. The van der Waals surface area contributed by atoms with Crippen LogP contribution in [0.5, 0.6) is 0 Å². The van der Waals surface area contributed by atoms with E-state index in [0.29, 0.717) is 5.92 Å². The number of halogens is 1. The van der Waals surface area contributed by atoms with Gasteiger partial charge >= 0.3 is 0 Å². The summed E-state index contributed by atoms with van der Waals surface area (Å²) in [6.45, 7) is 0.819. The second-order valence-electron chi connectivity index (χ2n) is 7.79. The lowest BCUT2D eigenvalue weighted by Crippen LogP contribution is -2.59. The maximum Gasteiger partial charge on any atom is 0.166 e. The first-order chi connectivity index (χ1) is 12.7. The predicted octanol–water partition coefficient (Wildman–Crippen LogP) is 4.92. The van der Waals surface area contributed by atoms with E-state index in [-0.39, 0.29) is 5.72 Å². The molecule has 3 aliphatic carbocycles. The normalized spacial score (nSPS) is 31.0. The molecule has 2 aromatic carbocycles. The first-order valence-electron chi connectivity index (χ1n) is 9.55. The van der Waals surface area contributed by atoms with E-state index in [9.17, 15) is 0 Å². The van der Waals surface area contributed by atoms with Gasteiger partial charge in [0.25, 0.3) is 0 Å². The molecule has 4 fully saturated rings. The molecule has 1 aliphatic heterocycles. The van der Waals surface area contributed by atoms with Crippen LogP contribution in [-0.4, -0.2) is 10.7 Å². The van der Waals surface area contributed by atoms with E-state index < -0.39 is 0 Å². The zero-order valence-electron chi connectivity index (χ0n) is 14.8. The van der Waals surface area contributed by atoms with Crippen molar-refractivity contribution in [2.75, 3.05) is 5.12 Å². The van der Waals surface area contributed by atoms with Crippen LogP contribution in [0.25, 0.3) is 0 Å². The molecule has 4 aliphatic rings. The highest BCUT2D eigenvalue weighted by atomic mass is 35.5. The van der Waals surface area contributed by atoms with Gasteiger partial charge in [0, 0.05) is 17.5 Å². The van der Waals surface area contributed by atoms with Crippen molar-refractivity contribution < 1.29 is 4.84 Å². The molecule has 4 nitrogen and oxygen atoms in total. The molecule has 0 radical (unpaired) electrons. The fourth-order valence-electron chi connectivity index (χ4n) is 4.97. The Bertz CT molecular complexity index is 761. The van der Waals surface area contributed by atoms with Crippen molar-refractivity contribution >= 4 is 17.3 Å². The molecule has 136 valence electrons. The molecule has 1 N–H and O–H groups in total. The van der Waals surface area contributed by atoms with Crippen molar-refractivity contribution in [1.29, 1.82) is 0 Å². The van der Waals surface area contributed by atoms with Gasteiger partial charge in [0.2, 0.25) is 0 Å². The molecule has 5 heteroatoms. The summed E-state index contributed by atoms with van der Waals surface area (Å²) in [7, 11) is 0. The van der Waals surface area contributed by atoms with E-state index in [2.05, 4.69) is 46.0 Å². The molecule has 2 aromatic rings. The summed E-state index contributed by atoms with van der Waals surface area (Å²) in [5.41, 5.74) is 5.31. The zero-order chi connectivity index (χ0) is 17.6. The van der Waals surface area contributed by atoms with Crippen LogP contribution < -0.4 is 10.7 Å². The SMILES string of the molecule is Clc1ccc(N2NOC3(CC4CCC3CC4)N2Cc2ccccc2)cc1. The van der Waals surface area contributed by atoms with Crippen LogP contribution in [0, 0.1) is 11.8 Å². The number of anilines is 1. The third kappa shape index (κ3) is 2.72. The van der Waals surface area contributed by atoms with E-state index >= 15 is 0 Å². The molecule has 0 amide bonds. The summed E-state index contributed by atoms with van der Waals surface area (Å²) < 4.78 is 0. The second-order valence-corrected chi connectivity index (χ2v) is 8.23. The smallest absolute Gasteiger partial charge is 0.166 e. The topological polar surface area (TPSA) is 27.7 Å². The van der Waals surface area contributed by atoms with Crippen molar-refractivity contribution in [2.45, 2.75) is 44.4 Å². The Balaban J connectivity index is 1.52. The third-order valence-electron chi connectivity index (χ3n) is 6.30. The van der Waals surface area contributed by atoms with Gasteiger partial charge in [-0.1, -0.05) is 47.5 Å². The number of hydrogen-bond donors (Lipinski definition) is 1. The first-order valence-corrected chi connectivity index (χ1v) is 9.93. The summed E-state index contributed by atoms with van der Waals surface area (Å²) in [6.07, 6.45) is 6.30. The Morgan fingerprint density at radius 2 is 1.73 bits per heavy atom. The van der Waals surface area contributed by atoms with Gasteiger partial charge in [-0.2, -0.15) is 5.01 Å². The zero-order valence-corrected chi connectivity index (χ0v) is 15.5.